The van der Waals surface area contributed by atoms with E-state index in [2.05, 4.69) is 10.3 Å². The number of pyridine rings is 1. The summed E-state index contributed by atoms with van der Waals surface area (Å²) in [5.74, 6) is 0.430. The van der Waals surface area contributed by atoms with Crippen molar-refractivity contribution in [3.63, 3.8) is 0 Å². The number of benzene rings is 1. The number of rotatable bonds is 5. The zero-order valence-corrected chi connectivity index (χ0v) is 13.1. The number of ether oxygens (including phenoxy) is 1. The molecule has 2 aromatic heterocycles. The van der Waals surface area contributed by atoms with Gasteiger partial charge < -0.3 is 14.5 Å². The fraction of sp³-hybridized carbons (Fsp3) is 0.167. The fourth-order valence-electron chi connectivity index (χ4n) is 2.18. The minimum absolute atomic E-state index is 0.0737. The lowest BCUT2D eigenvalue weighted by Gasteiger charge is -2.06. The average Bonchev–Trinajstić information content (AvgIpc) is 2.60. The predicted octanol–water partition coefficient (Wildman–Crippen LogP) is 3.23. The molecule has 3 aromatic rings. The van der Waals surface area contributed by atoms with Crippen LogP contribution in [0.1, 0.15) is 23.7 Å². The van der Waals surface area contributed by atoms with Crippen molar-refractivity contribution in [1.29, 1.82) is 0 Å². The normalized spacial score (nSPS) is 10.5. The highest BCUT2D eigenvalue weighted by Gasteiger charge is 2.14. The summed E-state index contributed by atoms with van der Waals surface area (Å²) in [6.07, 6.45) is 2.44. The molecule has 122 valence electrons. The van der Waals surface area contributed by atoms with Gasteiger partial charge in [-0.15, -0.1) is 0 Å². The molecule has 0 aliphatic heterocycles. The van der Waals surface area contributed by atoms with Gasteiger partial charge in [-0.05, 0) is 36.8 Å². The summed E-state index contributed by atoms with van der Waals surface area (Å²) >= 11 is 0. The smallest absolute Gasteiger partial charge is 0.349 e. The van der Waals surface area contributed by atoms with Gasteiger partial charge in [0.1, 0.15) is 22.7 Å². The molecule has 0 atom stereocenters. The fourth-order valence-corrected chi connectivity index (χ4v) is 2.18. The van der Waals surface area contributed by atoms with Gasteiger partial charge in [0.15, 0.2) is 0 Å². The Bertz CT molecular complexity index is 919. The Kier molecular flexibility index (Phi) is 4.56. The van der Waals surface area contributed by atoms with Crippen LogP contribution in [0.3, 0.4) is 0 Å². The Hall–Kier alpha value is -3.15. The Morgan fingerprint density at radius 3 is 2.88 bits per heavy atom. The van der Waals surface area contributed by atoms with Crippen LogP contribution in [0.5, 0.6) is 5.75 Å². The monoisotopic (exact) mass is 324 g/mol. The number of anilines is 1. The molecule has 0 radical (unpaired) electrons. The molecule has 0 saturated heterocycles. The highest BCUT2D eigenvalue weighted by molar-refractivity contribution is 6.04. The quantitative estimate of drug-likeness (QED) is 0.729. The van der Waals surface area contributed by atoms with Crippen LogP contribution in [-0.2, 0) is 0 Å². The molecule has 6 heteroatoms. The summed E-state index contributed by atoms with van der Waals surface area (Å²) in [6.45, 7) is 2.59. The number of hydrogen-bond donors (Lipinski definition) is 1. The minimum atomic E-state index is -0.705. The number of hydrogen-bond acceptors (Lipinski definition) is 5. The number of carbonyl (C=O) groups is 1. The van der Waals surface area contributed by atoms with Crippen molar-refractivity contribution in [2.24, 2.45) is 0 Å². The second-order valence-electron chi connectivity index (χ2n) is 5.16. The molecular formula is C18H16N2O4. The van der Waals surface area contributed by atoms with Gasteiger partial charge in [-0.3, -0.25) is 4.79 Å². The zero-order valence-electron chi connectivity index (χ0n) is 13.1. The van der Waals surface area contributed by atoms with Crippen molar-refractivity contribution in [3.05, 3.63) is 64.6 Å². The third-order valence-electron chi connectivity index (χ3n) is 3.33. The lowest BCUT2D eigenvalue weighted by atomic mass is 10.1. The molecule has 3 rings (SSSR count). The highest BCUT2D eigenvalue weighted by Crippen LogP contribution is 2.21. The van der Waals surface area contributed by atoms with E-state index < -0.39 is 11.5 Å². The summed E-state index contributed by atoms with van der Waals surface area (Å²) in [5, 5.41) is 3.21. The molecule has 0 aliphatic rings. The van der Waals surface area contributed by atoms with Crippen molar-refractivity contribution in [1.82, 2.24) is 4.98 Å². The molecule has 0 bridgehead atoms. The third kappa shape index (κ3) is 3.43. The number of amides is 1. The van der Waals surface area contributed by atoms with Crippen molar-refractivity contribution in [2.45, 2.75) is 13.3 Å². The molecule has 2 heterocycles. The molecule has 24 heavy (non-hydrogen) atoms. The number of nitrogens with one attached hydrogen (secondary N) is 1. The molecule has 0 aliphatic carbocycles. The number of nitrogens with zero attached hydrogens (tertiary/aromatic N) is 1. The maximum absolute atomic E-state index is 12.3. The predicted molar refractivity (Wildman–Crippen MR) is 90.5 cm³/mol. The first-order valence-electron chi connectivity index (χ1n) is 7.60. The summed E-state index contributed by atoms with van der Waals surface area (Å²) < 4.78 is 10.8. The standard InChI is InChI=1S/C18H16N2O4/c1-2-9-23-13-7-6-12-10-14(18(22)24-15(12)11-13)17(21)20-16-5-3-4-8-19-16/h3-8,10-11H,2,9H2,1H3,(H,19,20,21). The highest BCUT2D eigenvalue weighted by atomic mass is 16.5. The first-order chi connectivity index (χ1) is 11.7. The Morgan fingerprint density at radius 1 is 1.25 bits per heavy atom. The van der Waals surface area contributed by atoms with Gasteiger partial charge in [-0.25, -0.2) is 9.78 Å². The van der Waals surface area contributed by atoms with E-state index in [0.29, 0.717) is 29.1 Å². The summed E-state index contributed by atoms with van der Waals surface area (Å²) in [4.78, 5) is 28.3. The van der Waals surface area contributed by atoms with E-state index in [1.807, 2.05) is 6.92 Å². The van der Waals surface area contributed by atoms with Crippen LogP contribution in [0.4, 0.5) is 5.82 Å². The largest absolute Gasteiger partial charge is 0.493 e. The van der Waals surface area contributed by atoms with Crippen molar-refractivity contribution >= 4 is 22.7 Å². The molecule has 6 nitrogen and oxygen atoms in total. The summed E-state index contributed by atoms with van der Waals surface area (Å²) in [6, 6.07) is 11.8. The Balaban J connectivity index is 1.90. The number of aromatic nitrogens is 1. The SMILES string of the molecule is CCCOc1ccc2cc(C(=O)Nc3ccccn3)c(=O)oc2c1. The minimum Gasteiger partial charge on any atom is -0.493 e. The number of carbonyl (C=O) groups excluding carboxylic acids is 1. The van der Waals surface area contributed by atoms with Crippen LogP contribution in [0, 0.1) is 0 Å². The van der Waals surface area contributed by atoms with E-state index >= 15 is 0 Å². The van der Waals surface area contributed by atoms with E-state index in [4.69, 9.17) is 9.15 Å². The maximum Gasteiger partial charge on any atom is 0.349 e. The van der Waals surface area contributed by atoms with Crippen LogP contribution in [-0.4, -0.2) is 17.5 Å². The van der Waals surface area contributed by atoms with Gasteiger partial charge in [-0.2, -0.15) is 0 Å². The van der Waals surface area contributed by atoms with Crippen molar-refractivity contribution in [2.75, 3.05) is 11.9 Å². The van der Waals surface area contributed by atoms with E-state index in [1.54, 1.807) is 42.6 Å². The van der Waals surface area contributed by atoms with E-state index in [0.717, 1.165) is 6.42 Å². The van der Waals surface area contributed by atoms with Crippen LogP contribution in [0.15, 0.2) is 57.9 Å². The maximum atomic E-state index is 12.3. The van der Waals surface area contributed by atoms with Crippen LogP contribution in [0.2, 0.25) is 0 Å². The van der Waals surface area contributed by atoms with Gasteiger partial charge in [0.25, 0.3) is 5.91 Å². The second kappa shape index (κ2) is 6.95. The van der Waals surface area contributed by atoms with Crippen molar-refractivity contribution in [3.8, 4) is 5.75 Å². The molecule has 0 fully saturated rings. The molecule has 0 spiro atoms. The average molecular weight is 324 g/mol. The molecule has 0 saturated carbocycles. The summed E-state index contributed by atoms with van der Waals surface area (Å²) in [5.41, 5.74) is -0.401. The van der Waals surface area contributed by atoms with Gasteiger partial charge in [0.2, 0.25) is 0 Å². The van der Waals surface area contributed by atoms with Gasteiger partial charge in [-0.1, -0.05) is 13.0 Å². The molecular weight excluding hydrogens is 308 g/mol. The van der Waals surface area contributed by atoms with Gasteiger partial charge >= 0.3 is 5.63 Å². The van der Waals surface area contributed by atoms with Gasteiger partial charge in [0, 0.05) is 17.6 Å². The van der Waals surface area contributed by atoms with E-state index in [9.17, 15) is 9.59 Å². The lowest BCUT2D eigenvalue weighted by Crippen LogP contribution is -2.21. The van der Waals surface area contributed by atoms with Crippen LogP contribution in [0.25, 0.3) is 11.0 Å². The Morgan fingerprint density at radius 2 is 2.12 bits per heavy atom. The second-order valence-corrected chi connectivity index (χ2v) is 5.16. The van der Waals surface area contributed by atoms with E-state index in [-0.39, 0.29) is 5.56 Å². The first-order valence-corrected chi connectivity index (χ1v) is 7.60. The first kappa shape index (κ1) is 15.7. The molecule has 1 aromatic carbocycles. The van der Waals surface area contributed by atoms with E-state index in [1.165, 1.54) is 6.07 Å². The Labute approximate surface area is 138 Å². The third-order valence-corrected chi connectivity index (χ3v) is 3.33. The zero-order chi connectivity index (χ0) is 16.9. The summed E-state index contributed by atoms with van der Waals surface area (Å²) in [7, 11) is 0. The van der Waals surface area contributed by atoms with Gasteiger partial charge in [0.05, 0.1) is 6.61 Å². The lowest BCUT2D eigenvalue weighted by molar-refractivity contribution is 0.102. The topological polar surface area (TPSA) is 81.4 Å². The molecule has 1 amide bonds. The molecule has 0 unspecified atom stereocenters. The van der Waals surface area contributed by atoms with Crippen LogP contribution >= 0.6 is 0 Å². The van der Waals surface area contributed by atoms with Crippen LogP contribution < -0.4 is 15.7 Å². The number of fused-ring (bicyclic) bond motifs is 1. The molecule has 1 N–H and O–H groups in total. The van der Waals surface area contributed by atoms with Crippen molar-refractivity contribution < 1.29 is 13.9 Å².